The van der Waals surface area contributed by atoms with Gasteiger partial charge < -0.3 is 19.1 Å². The summed E-state index contributed by atoms with van der Waals surface area (Å²) in [5.74, 6) is -3.37. The smallest absolute Gasteiger partial charge is 0.380 e. The first-order chi connectivity index (χ1) is 18.5. The van der Waals surface area contributed by atoms with Crippen molar-refractivity contribution in [2.24, 2.45) is 5.92 Å². The molecule has 1 fully saturated rings. The topological polar surface area (TPSA) is 146 Å². The van der Waals surface area contributed by atoms with E-state index in [1.165, 1.54) is 31.2 Å². The maximum atomic E-state index is 14.2. The zero-order valence-electron chi connectivity index (χ0n) is 22.5. The number of aromatic amines is 1. The Kier molecular flexibility index (Phi) is 8.59. The molecule has 0 radical (unpaired) electrons. The van der Waals surface area contributed by atoms with Crippen LogP contribution in [0, 0.1) is 11.7 Å². The number of ether oxygens (including phenoxy) is 2. The quantitative estimate of drug-likeness (QED) is 0.232. The van der Waals surface area contributed by atoms with Crippen LogP contribution in [0.25, 0.3) is 0 Å². The normalized spacial score (nSPS) is 26.8. The van der Waals surface area contributed by atoms with E-state index < -0.39 is 85.4 Å². The van der Waals surface area contributed by atoms with Gasteiger partial charge in [-0.3, -0.25) is 23.7 Å². The standard InChI is InChI=1S/C23H28ClF2N2O9P/c1-13(2)35-20(31)14(3)11-38(33,37-15-7-5-4-6-8-15)34-10-17-18(29)23(24,12-25)21(36-17)28-9-16(26)19(30)27-22(28)32/h4-9,13-14,17-18,21,29H,10-12H2,1-3H3,(H,27,30,32)/t14-,17-,18+,21-,23?,38-/m1/s1/i10D2. The molecule has 0 bridgehead atoms. The SMILES string of the molecule is [2H]C([2H])(O[P@](=O)(C[C@@H](C)C(=O)OC(C)C)Oc1ccccc1)[C@H]1O[C@@H](n2cc(F)c(=O)[nH]c2=O)C(Cl)(CF)[C@H]1O. The Balaban J connectivity index is 1.98. The molecule has 0 amide bonds. The summed E-state index contributed by atoms with van der Waals surface area (Å²) in [5.41, 5.74) is -2.68. The summed E-state index contributed by atoms with van der Waals surface area (Å²) in [5, 5.41) is 10.8. The molecular weight excluding hydrogens is 553 g/mol. The zero-order valence-corrected chi connectivity index (χ0v) is 22.2. The van der Waals surface area contributed by atoms with E-state index in [2.05, 4.69) is 0 Å². The highest BCUT2D eigenvalue weighted by molar-refractivity contribution is 7.54. The number of aliphatic hydroxyl groups is 1. The number of benzene rings is 1. The first kappa shape index (κ1) is 27.0. The summed E-state index contributed by atoms with van der Waals surface area (Å²) in [6.07, 6.45) is -7.37. The molecule has 0 saturated carbocycles. The van der Waals surface area contributed by atoms with E-state index in [-0.39, 0.29) is 5.75 Å². The fourth-order valence-corrected chi connectivity index (χ4v) is 5.50. The number of aromatic nitrogens is 2. The van der Waals surface area contributed by atoms with Gasteiger partial charge in [0.15, 0.2) is 6.23 Å². The van der Waals surface area contributed by atoms with Crippen molar-refractivity contribution in [2.75, 3.05) is 19.4 Å². The van der Waals surface area contributed by atoms with Crippen molar-refractivity contribution < 1.29 is 44.5 Å². The number of hydrogen-bond acceptors (Lipinski definition) is 9. The lowest BCUT2D eigenvalue weighted by atomic mass is 10.00. The Morgan fingerprint density at radius 1 is 1.34 bits per heavy atom. The molecule has 2 N–H and O–H groups in total. The summed E-state index contributed by atoms with van der Waals surface area (Å²) >= 11 is 6.24. The van der Waals surface area contributed by atoms with Gasteiger partial charge >= 0.3 is 19.3 Å². The number of rotatable bonds is 11. The number of carbonyl (C=O) groups is 1. The molecule has 1 saturated heterocycles. The maximum absolute atomic E-state index is 14.2. The van der Waals surface area contributed by atoms with Crippen LogP contribution < -0.4 is 15.8 Å². The number of esters is 1. The van der Waals surface area contributed by atoms with Crippen molar-refractivity contribution in [1.29, 1.82) is 0 Å². The minimum atomic E-state index is -4.64. The van der Waals surface area contributed by atoms with Gasteiger partial charge in [-0.25, -0.2) is 13.8 Å². The summed E-state index contributed by atoms with van der Waals surface area (Å²) < 4.78 is 80.6. The van der Waals surface area contributed by atoms with Crippen molar-refractivity contribution in [1.82, 2.24) is 9.55 Å². The Labute approximate surface area is 224 Å². The minimum absolute atomic E-state index is 0.0115. The summed E-state index contributed by atoms with van der Waals surface area (Å²) in [4.78, 5) is 35.2. The lowest BCUT2D eigenvalue weighted by molar-refractivity contribution is -0.151. The number of alkyl halides is 2. The molecule has 1 aliphatic rings. The molecule has 1 aliphatic heterocycles. The average Bonchev–Trinajstić information content (AvgIpc) is 3.12. The van der Waals surface area contributed by atoms with Gasteiger partial charge in [-0.05, 0) is 26.0 Å². The average molecular weight is 583 g/mol. The molecule has 2 heterocycles. The van der Waals surface area contributed by atoms with Crippen LogP contribution in [0.3, 0.4) is 0 Å². The zero-order chi connectivity index (χ0) is 30.0. The lowest BCUT2D eigenvalue weighted by Crippen LogP contribution is -2.47. The Bertz CT molecular complexity index is 1380. The van der Waals surface area contributed by atoms with Crippen LogP contribution in [0.5, 0.6) is 5.75 Å². The van der Waals surface area contributed by atoms with Gasteiger partial charge in [0, 0.05) is 0 Å². The Morgan fingerprint density at radius 3 is 2.61 bits per heavy atom. The molecular formula is C23H28ClF2N2O9P. The van der Waals surface area contributed by atoms with Gasteiger partial charge in [0.1, 0.15) is 29.5 Å². The Morgan fingerprint density at radius 2 is 2.00 bits per heavy atom. The third-order valence-corrected chi connectivity index (χ3v) is 7.77. The molecule has 1 aromatic carbocycles. The van der Waals surface area contributed by atoms with Crippen LogP contribution in [-0.2, 0) is 23.4 Å². The molecule has 0 spiro atoms. The van der Waals surface area contributed by atoms with Crippen LogP contribution in [0.1, 0.15) is 29.7 Å². The third-order valence-electron chi connectivity index (χ3n) is 5.39. The maximum Gasteiger partial charge on any atom is 0.380 e. The number of carbonyl (C=O) groups excluding carboxylic acids is 1. The number of H-pyrrole nitrogens is 1. The molecule has 11 nitrogen and oxygen atoms in total. The van der Waals surface area contributed by atoms with Crippen molar-refractivity contribution in [3.8, 4) is 5.75 Å². The molecule has 3 rings (SSSR count). The van der Waals surface area contributed by atoms with Gasteiger partial charge in [-0.2, -0.15) is 4.39 Å². The van der Waals surface area contributed by atoms with Gasteiger partial charge in [0.25, 0.3) is 5.56 Å². The summed E-state index contributed by atoms with van der Waals surface area (Å²) in [6, 6.07) is 7.47. The van der Waals surface area contributed by atoms with Crippen molar-refractivity contribution in [3.63, 3.8) is 0 Å². The number of aliphatic hydroxyl groups excluding tert-OH is 1. The highest BCUT2D eigenvalue weighted by Crippen LogP contribution is 2.51. The van der Waals surface area contributed by atoms with E-state index in [1.54, 1.807) is 24.9 Å². The third kappa shape index (κ3) is 6.70. The number of para-hydroxylation sites is 1. The second-order valence-corrected chi connectivity index (χ2v) is 11.5. The molecule has 1 aromatic heterocycles. The van der Waals surface area contributed by atoms with Crippen molar-refractivity contribution in [2.45, 2.75) is 50.2 Å². The first-order valence-electron chi connectivity index (χ1n) is 12.4. The number of nitrogens with zero attached hydrogens (tertiary/aromatic N) is 1. The van der Waals surface area contributed by atoms with E-state index in [1.807, 2.05) is 0 Å². The molecule has 6 atom stereocenters. The number of nitrogens with one attached hydrogen (secondary N) is 1. The monoisotopic (exact) mass is 582 g/mol. The van der Waals surface area contributed by atoms with E-state index >= 15 is 0 Å². The van der Waals surface area contributed by atoms with Gasteiger partial charge in [0.2, 0.25) is 5.82 Å². The number of halogens is 3. The second kappa shape index (κ2) is 12.1. The summed E-state index contributed by atoms with van der Waals surface area (Å²) in [7, 11) is -4.64. The second-order valence-electron chi connectivity index (χ2n) is 8.85. The molecule has 2 aromatic rings. The summed E-state index contributed by atoms with van der Waals surface area (Å²) in [6.45, 7) is -0.336. The van der Waals surface area contributed by atoms with Gasteiger partial charge in [-0.15, -0.1) is 11.6 Å². The van der Waals surface area contributed by atoms with Crippen LogP contribution >= 0.6 is 19.2 Å². The molecule has 38 heavy (non-hydrogen) atoms. The largest absolute Gasteiger partial charge is 0.463 e. The molecule has 15 heteroatoms. The van der Waals surface area contributed by atoms with Gasteiger partial charge in [0.05, 0.1) is 33.7 Å². The van der Waals surface area contributed by atoms with Crippen LogP contribution in [0.4, 0.5) is 8.78 Å². The predicted molar refractivity (Wildman–Crippen MR) is 132 cm³/mol. The first-order valence-corrected chi connectivity index (χ1v) is 13.5. The van der Waals surface area contributed by atoms with Crippen molar-refractivity contribution >= 4 is 25.2 Å². The fraction of sp³-hybridized carbons (Fsp3) is 0.522. The molecule has 210 valence electrons. The van der Waals surface area contributed by atoms with E-state index in [0.29, 0.717) is 10.8 Å². The Hall–Kier alpha value is -2.57. The van der Waals surface area contributed by atoms with Crippen molar-refractivity contribution in [3.05, 3.63) is 63.2 Å². The minimum Gasteiger partial charge on any atom is -0.463 e. The predicted octanol–water partition coefficient (Wildman–Crippen LogP) is 2.76. The van der Waals surface area contributed by atoms with E-state index in [0.717, 1.165) is 0 Å². The van der Waals surface area contributed by atoms with Crippen LogP contribution in [-0.4, -0.2) is 63.2 Å². The molecule has 0 aliphatic carbocycles. The van der Waals surface area contributed by atoms with Crippen LogP contribution in [0.15, 0.2) is 46.1 Å². The number of hydrogen-bond donors (Lipinski definition) is 2. The highest BCUT2D eigenvalue weighted by Gasteiger charge is 2.57. The van der Waals surface area contributed by atoms with Crippen LogP contribution in [0.2, 0.25) is 0 Å². The molecule has 1 unspecified atom stereocenters. The highest BCUT2D eigenvalue weighted by atomic mass is 35.5. The fourth-order valence-electron chi connectivity index (χ4n) is 3.52. The lowest BCUT2D eigenvalue weighted by Gasteiger charge is -2.27. The van der Waals surface area contributed by atoms with E-state index in [4.69, 9.17) is 32.9 Å². The van der Waals surface area contributed by atoms with Gasteiger partial charge in [-0.1, -0.05) is 25.1 Å². The van der Waals surface area contributed by atoms with E-state index in [9.17, 15) is 32.8 Å².